The fourth-order valence-corrected chi connectivity index (χ4v) is 2.61. The molecule has 3 N–H and O–H groups in total. The highest BCUT2D eigenvalue weighted by Gasteiger charge is 2.36. The second-order valence-electron chi connectivity index (χ2n) is 4.63. The van der Waals surface area contributed by atoms with Crippen molar-refractivity contribution in [1.82, 2.24) is 0 Å². The smallest absolute Gasteiger partial charge is 0.0540 e. The zero-order valence-corrected chi connectivity index (χ0v) is 8.92. The van der Waals surface area contributed by atoms with Gasteiger partial charge in [0.15, 0.2) is 0 Å². The molecule has 2 heteroatoms. The molecule has 1 rings (SSSR count). The molecule has 1 unspecified atom stereocenters. The van der Waals surface area contributed by atoms with E-state index >= 15 is 0 Å². The molecule has 1 saturated carbocycles. The average molecular weight is 185 g/mol. The third kappa shape index (κ3) is 2.44. The SMILES string of the molecule is CCCC1(C(C)N)CCC(O)CC1. The van der Waals surface area contributed by atoms with Crippen molar-refractivity contribution in [1.29, 1.82) is 0 Å². The Kier molecular flexibility index (Phi) is 3.74. The summed E-state index contributed by atoms with van der Waals surface area (Å²) in [4.78, 5) is 0. The van der Waals surface area contributed by atoms with E-state index in [1.165, 1.54) is 12.8 Å². The Hall–Kier alpha value is -0.0800. The van der Waals surface area contributed by atoms with E-state index in [0.29, 0.717) is 5.41 Å². The van der Waals surface area contributed by atoms with Crippen molar-refractivity contribution in [2.45, 2.75) is 64.5 Å². The summed E-state index contributed by atoms with van der Waals surface area (Å²) in [6, 6.07) is 0.278. The van der Waals surface area contributed by atoms with Crippen LogP contribution in [0.4, 0.5) is 0 Å². The van der Waals surface area contributed by atoms with Crippen molar-refractivity contribution in [2.24, 2.45) is 11.1 Å². The van der Waals surface area contributed by atoms with Crippen LogP contribution in [0.3, 0.4) is 0 Å². The molecule has 0 amide bonds. The topological polar surface area (TPSA) is 46.2 Å². The molecule has 78 valence electrons. The highest BCUT2D eigenvalue weighted by atomic mass is 16.3. The third-order valence-electron chi connectivity index (χ3n) is 3.66. The molecule has 2 nitrogen and oxygen atoms in total. The molecular formula is C11H23NO. The number of aliphatic hydroxyl groups is 1. The van der Waals surface area contributed by atoms with Gasteiger partial charge in [-0.15, -0.1) is 0 Å². The van der Waals surface area contributed by atoms with E-state index in [9.17, 15) is 5.11 Å². The van der Waals surface area contributed by atoms with Gasteiger partial charge in [-0.05, 0) is 44.4 Å². The van der Waals surface area contributed by atoms with E-state index in [1.807, 2.05) is 0 Å². The van der Waals surface area contributed by atoms with Gasteiger partial charge < -0.3 is 10.8 Å². The van der Waals surface area contributed by atoms with Crippen LogP contribution < -0.4 is 5.73 Å². The Morgan fingerprint density at radius 3 is 2.38 bits per heavy atom. The summed E-state index contributed by atoms with van der Waals surface area (Å²) < 4.78 is 0. The monoisotopic (exact) mass is 185 g/mol. The Labute approximate surface area is 81.5 Å². The maximum Gasteiger partial charge on any atom is 0.0540 e. The van der Waals surface area contributed by atoms with Crippen LogP contribution in [0.2, 0.25) is 0 Å². The van der Waals surface area contributed by atoms with Crippen LogP contribution in [0.15, 0.2) is 0 Å². The first-order chi connectivity index (χ1) is 6.10. The summed E-state index contributed by atoms with van der Waals surface area (Å²) in [5.41, 5.74) is 6.38. The molecule has 0 bridgehead atoms. The number of rotatable bonds is 3. The molecule has 1 atom stereocenters. The van der Waals surface area contributed by atoms with E-state index < -0.39 is 0 Å². The first kappa shape index (κ1) is 11.0. The summed E-state index contributed by atoms with van der Waals surface area (Å²) in [5, 5.41) is 9.45. The quantitative estimate of drug-likeness (QED) is 0.707. The van der Waals surface area contributed by atoms with Crippen molar-refractivity contribution in [3.8, 4) is 0 Å². The van der Waals surface area contributed by atoms with Crippen LogP contribution in [-0.2, 0) is 0 Å². The van der Waals surface area contributed by atoms with Gasteiger partial charge in [-0.3, -0.25) is 0 Å². The normalized spacial score (nSPS) is 37.4. The van der Waals surface area contributed by atoms with Gasteiger partial charge in [0.25, 0.3) is 0 Å². The Morgan fingerprint density at radius 2 is 2.00 bits per heavy atom. The first-order valence-electron chi connectivity index (χ1n) is 5.54. The standard InChI is InChI=1S/C11H23NO/c1-3-6-11(9(2)12)7-4-10(13)5-8-11/h9-10,13H,3-8,12H2,1-2H3. The van der Waals surface area contributed by atoms with Gasteiger partial charge in [0.2, 0.25) is 0 Å². The lowest BCUT2D eigenvalue weighted by Gasteiger charge is -2.42. The lowest BCUT2D eigenvalue weighted by Crippen LogP contribution is -2.43. The summed E-state index contributed by atoms with van der Waals surface area (Å²) in [6.45, 7) is 4.34. The van der Waals surface area contributed by atoms with Gasteiger partial charge in [0.05, 0.1) is 6.10 Å². The Morgan fingerprint density at radius 1 is 1.46 bits per heavy atom. The van der Waals surface area contributed by atoms with Crippen LogP contribution in [0.5, 0.6) is 0 Å². The Balaban J connectivity index is 2.58. The molecule has 0 aliphatic heterocycles. The molecule has 0 heterocycles. The predicted molar refractivity (Wildman–Crippen MR) is 55.5 cm³/mol. The minimum absolute atomic E-state index is 0.0660. The maximum absolute atomic E-state index is 9.45. The third-order valence-corrected chi connectivity index (χ3v) is 3.66. The first-order valence-corrected chi connectivity index (χ1v) is 5.54. The fourth-order valence-electron chi connectivity index (χ4n) is 2.61. The molecule has 1 aliphatic carbocycles. The molecule has 0 aromatic heterocycles. The maximum atomic E-state index is 9.45. The summed E-state index contributed by atoms with van der Waals surface area (Å²) in [5.74, 6) is 0. The molecule has 0 radical (unpaired) electrons. The zero-order valence-electron chi connectivity index (χ0n) is 8.92. The molecule has 0 saturated heterocycles. The lowest BCUT2D eigenvalue weighted by atomic mass is 9.66. The summed E-state index contributed by atoms with van der Waals surface area (Å²) >= 11 is 0. The minimum atomic E-state index is -0.0660. The molecule has 0 aromatic rings. The van der Waals surface area contributed by atoms with Gasteiger partial charge in [0, 0.05) is 6.04 Å². The minimum Gasteiger partial charge on any atom is -0.393 e. The average Bonchev–Trinajstić information content (AvgIpc) is 2.09. The van der Waals surface area contributed by atoms with Crippen molar-refractivity contribution in [3.63, 3.8) is 0 Å². The van der Waals surface area contributed by atoms with Crippen molar-refractivity contribution >= 4 is 0 Å². The van der Waals surface area contributed by atoms with Crippen LogP contribution in [0.1, 0.15) is 52.4 Å². The number of aliphatic hydroxyl groups excluding tert-OH is 1. The van der Waals surface area contributed by atoms with Gasteiger partial charge in [-0.2, -0.15) is 0 Å². The van der Waals surface area contributed by atoms with Crippen LogP contribution >= 0.6 is 0 Å². The number of nitrogens with two attached hydrogens (primary N) is 1. The highest BCUT2D eigenvalue weighted by molar-refractivity contribution is 4.91. The van der Waals surface area contributed by atoms with Gasteiger partial charge >= 0.3 is 0 Å². The van der Waals surface area contributed by atoms with E-state index in [0.717, 1.165) is 25.7 Å². The summed E-state index contributed by atoms with van der Waals surface area (Å²) in [7, 11) is 0. The largest absolute Gasteiger partial charge is 0.393 e. The molecule has 1 aliphatic rings. The molecule has 1 fully saturated rings. The number of hydrogen-bond donors (Lipinski definition) is 2. The van der Waals surface area contributed by atoms with Crippen molar-refractivity contribution < 1.29 is 5.11 Å². The predicted octanol–water partition coefficient (Wildman–Crippen LogP) is 2.05. The van der Waals surface area contributed by atoms with Gasteiger partial charge in [-0.25, -0.2) is 0 Å². The van der Waals surface area contributed by atoms with Crippen LogP contribution in [0.25, 0.3) is 0 Å². The van der Waals surface area contributed by atoms with Crippen molar-refractivity contribution in [2.75, 3.05) is 0 Å². The highest BCUT2D eigenvalue weighted by Crippen LogP contribution is 2.42. The van der Waals surface area contributed by atoms with Gasteiger partial charge in [0.1, 0.15) is 0 Å². The lowest BCUT2D eigenvalue weighted by molar-refractivity contribution is 0.0444. The van der Waals surface area contributed by atoms with Crippen LogP contribution in [0, 0.1) is 5.41 Å². The zero-order chi connectivity index (χ0) is 9.90. The van der Waals surface area contributed by atoms with Crippen molar-refractivity contribution in [3.05, 3.63) is 0 Å². The molecule has 0 spiro atoms. The second kappa shape index (κ2) is 4.43. The molecule has 0 aromatic carbocycles. The van der Waals surface area contributed by atoms with E-state index in [-0.39, 0.29) is 12.1 Å². The Bertz CT molecular complexity index is 148. The van der Waals surface area contributed by atoms with E-state index in [2.05, 4.69) is 13.8 Å². The molecule has 13 heavy (non-hydrogen) atoms. The van der Waals surface area contributed by atoms with E-state index in [1.54, 1.807) is 0 Å². The molecular weight excluding hydrogens is 162 g/mol. The summed E-state index contributed by atoms with van der Waals surface area (Å²) in [6.07, 6.45) is 6.47. The van der Waals surface area contributed by atoms with Gasteiger partial charge in [-0.1, -0.05) is 13.3 Å². The number of hydrogen-bond acceptors (Lipinski definition) is 2. The van der Waals surface area contributed by atoms with Crippen LogP contribution in [-0.4, -0.2) is 17.3 Å². The second-order valence-corrected chi connectivity index (χ2v) is 4.63. The van der Waals surface area contributed by atoms with E-state index in [4.69, 9.17) is 5.73 Å². The fraction of sp³-hybridized carbons (Fsp3) is 1.00.